The van der Waals surface area contributed by atoms with E-state index < -0.39 is 0 Å². The maximum atomic E-state index is 5.27. The Morgan fingerprint density at radius 2 is 2.00 bits per heavy atom. The molecule has 0 aliphatic rings. The molecular formula is C17H21N3OS2. The van der Waals surface area contributed by atoms with E-state index in [0.29, 0.717) is 11.0 Å². The van der Waals surface area contributed by atoms with E-state index in [1.807, 2.05) is 17.8 Å². The highest BCUT2D eigenvalue weighted by atomic mass is 32.2. The van der Waals surface area contributed by atoms with Gasteiger partial charge in [-0.3, -0.25) is 0 Å². The van der Waals surface area contributed by atoms with E-state index in [9.17, 15) is 0 Å². The summed E-state index contributed by atoms with van der Waals surface area (Å²) >= 11 is 7.13. The summed E-state index contributed by atoms with van der Waals surface area (Å²) < 4.78 is 5.02. The van der Waals surface area contributed by atoms with Gasteiger partial charge in [0.2, 0.25) is 5.88 Å². The molecule has 1 aromatic heterocycles. The standard InChI is InChI=1S/C17H21N3OS2/c1-13-4-7-15(8-5-13)23-11-3-10-18-17(22)20-14-6-9-16(21-2)19-12-14/h4-9,12H,3,10-11H2,1-2H3,(H2,18,20,22). The minimum absolute atomic E-state index is 0.586. The molecule has 0 radical (unpaired) electrons. The third kappa shape index (κ3) is 6.46. The highest BCUT2D eigenvalue weighted by Gasteiger charge is 1.99. The molecule has 0 amide bonds. The summed E-state index contributed by atoms with van der Waals surface area (Å²) in [6, 6.07) is 12.3. The first-order valence-electron chi connectivity index (χ1n) is 7.42. The number of pyridine rings is 1. The largest absolute Gasteiger partial charge is 0.481 e. The number of hydrogen-bond donors (Lipinski definition) is 2. The summed E-state index contributed by atoms with van der Waals surface area (Å²) in [7, 11) is 1.59. The van der Waals surface area contributed by atoms with E-state index in [1.165, 1.54) is 10.5 Å². The molecule has 1 heterocycles. The van der Waals surface area contributed by atoms with Gasteiger partial charge in [0.15, 0.2) is 5.11 Å². The summed E-state index contributed by atoms with van der Waals surface area (Å²) in [6.07, 6.45) is 2.74. The van der Waals surface area contributed by atoms with E-state index in [-0.39, 0.29) is 0 Å². The summed E-state index contributed by atoms with van der Waals surface area (Å²) in [5.41, 5.74) is 2.14. The fourth-order valence-electron chi connectivity index (χ4n) is 1.85. The second kappa shape index (κ2) is 9.37. The highest BCUT2D eigenvalue weighted by molar-refractivity contribution is 7.99. The van der Waals surface area contributed by atoms with Crippen LogP contribution >= 0.6 is 24.0 Å². The second-order valence-corrected chi connectivity index (χ2v) is 6.56. The molecule has 0 saturated carbocycles. The van der Waals surface area contributed by atoms with Gasteiger partial charge in [-0.1, -0.05) is 17.7 Å². The lowest BCUT2D eigenvalue weighted by Crippen LogP contribution is -2.29. The van der Waals surface area contributed by atoms with Crippen LogP contribution in [-0.2, 0) is 0 Å². The molecule has 0 atom stereocenters. The lowest BCUT2D eigenvalue weighted by Gasteiger charge is -2.10. The predicted molar refractivity (Wildman–Crippen MR) is 102 cm³/mol. The molecular weight excluding hydrogens is 326 g/mol. The number of benzene rings is 1. The van der Waals surface area contributed by atoms with Gasteiger partial charge in [-0.15, -0.1) is 11.8 Å². The topological polar surface area (TPSA) is 46.2 Å². The van der Waals surface area contributed by atoms with Crippen molar-refractivity contribution in [3.63, 3.8) is 0 Å². The third-order valence-corrected chi connectivity index (χ3v) is 4.44. The number of anilines is 1. The van der Waals surface area contributed by atoms with Crippen LogP contribution in [0.4, 0.5) is 5.69 Å². The fourth-order valence-corrected chi connectivity index (χ4v) is 2.92. The summed E-state index contributed by atoms with van der Waals surface area (Å²) in [5.74, 6) is 1.64. The van der Waals surface area contributed by atoms with Gasteiger partial charge in [0.1, 0.15) is 0 Å². The zero-order valence-corrected chi connectivity index (χ0v) is 15.0. The average Bonchev–Trinajstić information content (AvgIpc) is 2.57. The van der Waals surface area contributed by atoms with Crippen molar-refractivity contribution in [2.24, 2.45) is 0 Å². The van der Waals surface area contributed by atoms with Crippen molar-refractivity contribution in [3.8, 4) is 5.88 Å². The number of nitrogens with zero attached hydrogens (tertiary/aromatic N) is 1. The Hall–Kier alpha value is -1.79. The van der Waals surface area contributed by atoms with Crippen molar-refractivity contribution in [2.75, 3.05) is 24.7 Å². The van der Waals surface area contributed by atoms with Crippen molar-refractivity contribution in [1.29, 1.82) is 0 Å². The van der Waals surface area contributed by atoms with E-state index in [0.717, 1.165) is 24.4 Å². The summed E-state index contributed by atoms with van der Waals surface area (Å²) in [4.78, 5) is 5.43. The quantitative estimate of drug-likeness (QED) is 0.450. The van der Waals surface area contributed by atoms with Gasteiger partial charge < -0.3 is 15.4 Å². The van der Waals surface area contributed by atoms with Crippen molar-refractivity contribution < 1.29 is 4.74 Å². The number of nitrogens with one attached hydrogen (secondary N) is 2. The minimum atomic E-state index is 0.586. The zero-order valence-electron chi connectivity index (χ0n) is 13.3. The van der Waals surface area contributed by atoms with Crippen molar-refractivity contribution in [2.45, 2.75) is 18.2 Å². The monoisotopic (exact) mass is 347 g/mol. The molecule has 2 N–H and O–H groups in total. The molecule has 0 aliphatic carbocycles. The van der Waals surface area contributed by atoms with Crippen molar-refractivity contribution in [3.05, 3.63) is 48.2 Å². The maximum absolute atomic E-state index is 5.27. The van der Waals surface area contributed by atoms with Crippen LogP contribution < -0.4 is 15.4 Å². The molecule has 0 unspecified atom stereocenters. The van der Waals surface area contributed by atoms with Crippen LogP contribution in [0.15, 0.2) is 47.5 Å². The maximum Gasteiger partial charge on any atom is 0.213 e. The molecule has 4 nitrogen and oxygen atoms in total. The first-order valence-corrected chi connectivity index (χ1v) is 8.81. The van der Waals surface area contributed by atoms with Gasteiger partial charge in [0.25, 0.3) is 0 Å². The Bertz CT molecular complexity index is 615. The minimum Gasteiger partial charge on any atom is -0.481 e. The van der Waals surface area contributed by atoms with Gasteiger partial charge in [-0.2, -0.15) is 0 Å². The Kier molecular flexibility index (Phi) is 7.16. The summed E-state index contributed by atoms with van der Waals surface area (Å²) in [6.45, 7) is 2.94. The first kappa shape index (κ1) is 17.6. The Labute approximate surface area is 147 Å². The number of aryl methyl sites for hydroxylation is 1. The molecule has 0 fully saturated rings. The molecule has 0 aliphatic heterocycles. The molecule has 1 aromatic carbocycles. The van der Waals surface area contributed by atoms with Crippen LogP contribution in [0.25, 0.3) is 0 Å². The van der Waals surface area contributed by atoms with Gasteiger partial charge in [-0.05, 0) is 49.5 Å². The molecule has 0 spiro atoms. The third-order valence-electron chi connectivity index (χ3n) is 3.10. The van der Waals surface area contributed by atoms with Crippen LogP contribution in [0.2, 0.25) is 0 Å². The van der Waals surface area contributed by atoms with E-state index in [1.54, 1.807) is 19.4 Å². The number of methoxy groups -OCH3 is 1. The normalized spacial score (nSPS) is 10.2. The van der Waals surface area contributed by atoms with Crippen LogP contribution in [-0.4, -0.2) is 29.5 Å². The number of aromatic nitrogens is 1. The Morgan fingerprint density at radius 1 is 1.22 bits per heavy atom. The van der Waals surface area contributed by atoms with Crippen molar-refractivity contribution >= 4 is 34.8 Å². The Balaban J connectivity index is 1.61. The second-order valence-electron chi connectivity index (χ2n) is 4.99. The van der Waals surface area contributed by atoms with Crippen LogP contribution in [0.1, 0.15) is 12.0 Å². The summed E-state index contributed by atoms with van der Waals surface area (Å²) in [5, 5.41) is 6.92. The van der Waals surface area contributed by atoms with E-state index in [4.69, 9.17) is 17.0 Å². The molecule has 2 rings (SSSR count). The number of thioether (sulfide) groups is 1. The zero-order chi connectivity index (χ0) is 16.5. The molecule has 23 heavy (non-hydrogen) atoms. The van der Waals surface area contributed by atoms with Crippen LogP contribution in [0, 0.1) is 6.92 Å². The SMILES string of the molecule is COc1ccc(NC(=S)NCCCSc2ccc(C)cc2)cn1. The molecule has 0 saturated heterocycles. The van der Waals surface area contributed by atoms with Gasteiger partial charge >= 0.3 is 0 Å². The molecule has 2 aromatic rings. The first-order chi connectivity index (χ1) is 11.2. The van der Waals surface area contributed by atoms with Gasteiger partial charge in [-0.25, -0.2) is 4.98 Å². The van der Waals surface area contributed by atoms with Crippen LogP contribution in [0.5, 0.6) is 5.88 Å². The lowest BCUT2D eigenvalue weighted by molar-refractivity contribution is 0.398. The lowest BCUT2D eigenvalue weighted by atomic mass is 10.2. The molecule has 6 heteroatoms. The fraction of sp³-hybridized carbons (Fsp3) is 0.294. The van der Waals surface area contributed by atoms with E-state index >= 15 is 0 Å². The number of hydrogen-bond acceptors (Lipinski definition) is 4. The van der Waals surface area contributed by atoms with Gasteiger partial charge in [0, 0.05) is 17.5 Å². The number of rotatable bonds is 7. The predicted octanol–water partition coefficient (Wildman–Crippen LogP) is 3.87. The van der Waals surface area contributed by atoms with Crippen molar-refractivity contribution in [1.82, 2.24) is 10.3 Å². The molecule has 122 valence electrons. The van der Waals surface area contributed by atoms with Crippen LogP contribution in [0.3, 0.4) is 0 Å². The van der Waals surface area contributed by atoms with E-state index in [2.05, 4.69) is 46.8 Å². The smallest absolute Gasteiger partial charge is 0.213 e. The highest BCUT2D eigenvalue weighted by Crippen LogP contribution is 2.18. The number of thiocarbonyl (C=S) groups is 1. The number of ether oxygens (including phenoxy) is 1. The molecule has 0 bridgehead atoms. The Morgan fingerprint density at radius 3 is 2.65 bits per heavy atom. The van der Waals surface area contributed by atoms with Gasteiger partial charge in [0.05, 0.1) is 19.0 Å². The average molecular weight is 348 g/mol.